The summed E-state index contributed by atoms with van der Waals surface area (Å²) in [6.45, 7) is 6.33. The van der Waals surface area contributed by atoms with Crippen LogP contribution in [0.1, 0.15) is 88.1 Å². The SMILES string of the molecule is CCC[C@H](O)[C@](Cc1ccccc1)(NC(=O)c1cc(OC(C)C)cc(N2CCCC2=O)c1)C(=O)NC1C[C@@H]2CCC1C2. The standard InChI is InChI=1S/C34H45N3O5/c1-4-9-30(38)34(21-23-10-6-5-7-11-23,33(41)35-29-17-24-13-14-25(29)16-24)36-32(40)26-18-27(37-15-8-12-31(37)39)20-28(19-26)42-22(2)3/h5-7,10-11,18-20,22,24-25,29-30,38H,4,8-9,12-17,21H2,1-3H3,(H,35,41)(H,36,40)/t24-,25?,29?,30+,34+/m1/s1. The molecule has 0 radical (unpaired) electrons. The summed E-state index contributed by atoms with van der Waals surface area (Å²) in [5, 5.41) is 18.0. The van der Waals surface area contributed by atoms with Crippen molar-refractivity contribution in [3.63, 3.8) is 0 Å². The Hall–Kier alpha value is -3.39. The van der Waals surface area contributed by atoms with E-state index in [0.29, 0.717) is 49.1 Å². The maximum absolute atomic E-state index is 14.4. The average molecular weight is 576 g/mol. The number of ether oxygens (including phenoxy) is 1. The van der Waals surface area contributed by atoms with E-state index in [-0.39, 0.29) is 35.9 Å². The van der Waals surface area contributed by atoms with Crippen molar-refractivity contribution < 1.29 is 24.2 Å². The van der Waals surface area contributed by atoms with Gasteiger partial charge in [-0.25, -0.2) is 0 Å². The van der Waals surface area contributed by atoms with Gasteiger partial charge in [0.05, 0.1) is 12.2 Å². The predicted molar refractivity (Wildman–Crippen MR) is 162 cm³/mol. The summed E-state index contributed by atoms with van der Waals surface area (Å²) in [7, 11) is 0. The minimum Gasteiger partial charge on any atom is -0.491 e. The van der Waals surface area contributed by atoms with Gasteiger partial charge in [-0.1, -0.05) is 50.1 Å². The lowest BCUT2D eigenvalue weighted by Crippen LogP contribution is -2.67. The van der Waals surface area contributed by atoms with Crippen LogP contribution in [0.5, 0.6) is 5.75 Å². The number of anilines is 1. The van der Waals surface area contributed by atoms with E-state index in [4.69, 9.17) is 4.74 Å². The highest BCUT2D eigenvalue weighted by Gasteiger charge is 2.49. The first-order valence-electron chi connectivity index (χ1n) is 15.7. The van der Waals surface area contributed by atoms with Crippen LogP contribution in [0.25, 0.3) is 0 Å². The smallest absolute Gasteiger partial charge is 0.252 e. The predicted octanol–water partition coefficient (Wildman–Crippen LogP) is 4.78. The number of hydrogen-bond donors (Lipinski definition) is 3. The fraction of sp³-hybridized carbons (Fsp3) is 0.559. The van der Waals surface area contributed by atoms with Gasteiger partial charge in [-0.3, -0.25) is 14.4 Å². The average Bonchev–Trinajstić information content (AvgIpc) is 3.70. The molecule has 1 heterocycles. The third-order valence-electron chi connectivity index (χ3n) is 9.16. The van der Waals surface area contributed by atoms with Crippen molar-refractivity contribution in [3.8, 4) is 5.75 Å². The van der Waals surface area contributed by atoms with Crippen molar-refractivity contribution in [3.05, 3.63) is 59.7 Å². The van der Waals surface area contributed by atoms with Gasteiger partial charge in [0.25, 0.3) is 5.91 Å². The molecule has 0 aromatic heterocycles. The van der Waals surface area contributed by atoms with E-state index in [1.807, 2.05) is 51.1 Å². The molecule has 3 aliphatic rings. The number of aliphatic hydroxyl groups excluding tert-OH is 1. The molecule has 8 heteroatoms. The summed E-state index contributed by atoms with van der Waals surface area (Å²) in [6.07, 6.45) is 5.48. The number of benzene rings is 2. The first-order chi connectivity index (χ1) is 20.2. The number of amides is 3. The number of carbonyl (C=O) groups excluding carboxylic acids is 3. The summed E-state index contributed by atoms with van der Waals surface area (Å²) in [5.74, 6) is 0.716. The van der Waals surface area contributed by atoms with Gasteiger partial charge in [-0.05, 0) is 75.5 Å². The van der Waals surface area contributed by atoms with E-state index in [9.17, 15) is 19.5 Å². The monoisotopic (exact) mass is 575 g/mol. The fourth-order valence-electron chi connectivity index (χ4n) is 7.10. The zero-order chi connectivity index (χ0) is 29.9. The topological polar surface area (TPSA) is 108 Å². The molecule has 2 saturated carbocycles. The summed E-state index contributed by atoms with van der Waals surface area (Å²) >= 11 is 0. The Labute approximate surface area is 249 Å². The molecular formula is C34H45N3O5. The van der Waals surface area contributed by atoms with Gasteiger partial charge in [-0.15, -0.1) is 0 Å². The van der Waals surface area contributed by atoms with Gasteiger partial charge in [-0.2, -0.15) is 0 Å². The van der Waals surface area contributed by atoms with E-state index in [1.54, 1.807) is 23.1 Å². The van der Waals surface area contributed by atoms with Gasteiger partial charge in [0.2, 0.25) is 11.8 Å². The zero-order valence-corrected chi connectivity index (χ0v) is 25.1. The van der Waals surface area contributed by atoms with E-state index in [1.165, 1.54) is 6.42 Å². The second kappa shape index (κ2) is 12.9. The molecule has 2 aromatic carbocycles. The molecule has 2 aromatic rings. The third kappa shape index (κ3) is 6.48. The van der Waals surface area contributed by atoms with Crippen LogP contribution in [0.4, 0.5) is 5.69 Å². The van der Waals surface area contributed by atoms with Crippen molar-refractivity contribution in [1.29, 1.82) is 0 Å². The van der Waals surface area contributed by atoms with Crippen molar-refractivity contribution >= 4 is 23.4 Å². The molecule has 2 bridgehead atoms. The quantitative estimate of drug-likeness (QED) is 0.338. The molecule has 2 aliphatic carbocycles. The number of nitrogens with zero attached hydrogens (tertiary/aromatic N) is 1. The molecule has 2 unspecified atom stereocenters. The number of aliphatic hydroxyl groups is 1. The Kier molecular flexibility index (Phi) is 9.21. The molecular weight excluding hydrogens is 530 g/mol. The van der Waals surface area contributed by atoms with Crippen LogP contribution < -0.4 is 20.3 Å². The third-order valence-corrected chi connectivity index (χ3v) is 9.16. The van der Waals surface area contributed by atoms with Crippen LogP contribution in [0.15, 0.2) is 48.5 Å². The summed E-state index contributed by atoms with van der Waals surface area (Å²) < 4.78 is 5.97. The molecule has 5 rings (SSSR count). The highest BCUT2D eigenvalue weighted by atomic mass is 16.5. The number of fused-ring (bicyclic) bond motifs is 2. The largest absolute Gasteiger partial charge is 0.491 e. The second-order valence-electron chi connectivity index (χ2n) is 12.7. The Bertz CT molecular complexity index is 1280. The van der Waals surface area contributed by atoms with Crippen LogP contribution in [0.3, 0.4) is 0 Å². The van der Waals surface area contributed by atoms with Crippen molar-refractivity contribution in [2.24, 2.45) is 11.8 Å². The van der Waals surface area contributed by atoms with Crippen LogP contribution in [0, 0.1) is 11.8 Å². The Morgan fingerprint density at radius 3 is 2.52 bits per heavy atom. The molecule has 5 atom stereocenters. The lowest BCUT2D eigenvalue weighted by Gasteiger charge is -2.39. The first-order valence-corrected chi connectivity index (χ1v) is 15.7. The number of rotatable bonds is 12. The Morgan fingerprint density at radius 2 is 1.90 bits per heavy atom. The minimum atomic E-state index is -1.59. The molecule has 3 N–H and O–H groups in total. The van der Waals surface area contributed by atoms with Crippen LogP contribution >= 0.6 is 0 Å². The van der Waals surface area contributed by atoms with Gasteiger partial charge >= 0.3 is 0 Å². The van der Waals surface area contributed by atoms with Crippen molar-refractivity contribution in [2.45, 2.75) is 102 Å². The first kappa shape index (κ1) is 30.1. The summed E-state index contributed by atoms with van der Waals surface area (Å²) in [5.41, 5.74) is 0.123. The maximum Gasteiger partial charge on any atom is 0.252 e. The van der Waals surface area contributed by atoms with Crippen LogP contribution in [-0.2, 0) is 16.0 Å². The molecule has 1 saturated heterocycles. The molecule has 42 heavy (non-hydrogen) atoms. The van der Waals surface area contributed by atoms with Crippen molar-refractivity contribution in [2.75, 3.05) is 11.4 Å². The fourth-order valence-corrected chi connectivity index (χ4v) is 7.10. The molecule has 1 aliphatic heterocycles. The zero-order valence-electron chi connectivity index (χ0n) is 25.1. The number of hydrogen-bond acceptors (Lipinski definition) is 5. The maximum atomic E-state index is 14.4. The molecule has 3 fully saturated rings. The van der Waals surface area contributed by atoms with Gasteiger partial charge < -0.3 is 25.4 Å². The van der Waals surface area contributed by atoms with E-state index < -0.39 is 17.6 Å². The van der Waals surface area contributed by atoms with Gasteiger partial charge in [0.1, 0.15) is 11.3 Å². The van der Waals surface area contributed by atoms with Gasteiger partial charge in [0.15, 0.2) is 0 Å². The van der Waals surface area contributed by atoms with Crippen LogP contribution in [0.2, 0.25) is 0 Å². The number of carbonyl (C=O) groups is 3. The molecule has 8 nitrogen and oxygen atoms in total. The molecule has 0 spiro atoms. The highest BCUT2D eigenvalue weighted by molar-refractivity contribution is 6.02. The molecule has 226 valence electrons. The molecule has 3 amide bonds. The van der Waals surface area contributed by atoms with E-state index in [2.05, 4.69) is 10.6 Å². The normalized spacial score (nSPS) is 23.6. The van der Waals surface area contributed by atoms with E-state index >= 15 is 0 Å². The Balaban J connectivity index is 1.51. The minimum absolute atomic E-state index is 0.00471. The van der Waals surface area contributed by atoms with Crippen LogP contribution in [-0.4, -0.2) is 53.2 Å². The highest BCUT2D eigenvalue weighted by Crippen LogP contribution is 2.44. The number of nitrogens with one attached hydrogen (secondary N) is 2. The second-order valence-corrected chi connectivity index (χ2v) is 12.7. The lowest BCUT2D eigenvalue weighted by molar-refractivity contribution is -0.133. The summed E-state index contributed by atoms with van der Waals surface area (Å²) in [6, 6.07) is 14.7. The van der Waals surface area contributed by atoms with Crippen molar-refractivity contribution in [1.82, 2.24) is 10.6 Å². The lowest BCUT2D eigenvalue weighted by atomic mass is 9.81. The van der Waals surface area contributed by atoms with Gasteiger partial charge in [0, 0.05) is 42.7 Å². The Morgan fingerprint density at radius 1 is 1.12 bits per heavy atom. The summed E-state index contributed by atoms with van der Waals surface area (Å²) in [4.78, 5) is 42.8. The van der Waals surface area contributed by atoms with E-state index in [0.717, 1.165) is 31.2 Å².